The quantitative estimate of drug-likeness (QED) is 0.889. The number of likely N-dealkylation sites (tertiary alicyclic amines) is 2. The summed E-state index contributed by atoms with van der Waals surface area (Å²) in [4.78, 5) is 21.9. The van der Waals surface area contributed by atoms with E-state index in [1.54, 1.807) is 10.9 Å². The fourth-order valence-corrected chi connectivity index (χ4v) is 4.92. The summed E-state index contributed by atoms with van der Waals surface area (Å²) in [5.74, 6) is 1.21. The lowest BCUT2D eigenvalue weighted by molar-refractivity contribution is 0.0315. The molecule has 0 radical (unpaired) electrons. The summed E-state index contributed by atoms with van der Waals surface area (Å²) >= 11 is 0. The van der Waals surface area contributed by atoms with E-state index in [1.807, 2.05) is 36.5 Å². The molecule has 28 heavy (non-hydrogen) atoms. The molecular weight excluding hydrogens is 352 g/mol. The lowest BCUT2D eigenvalue weighted by Gasteiger charge is -2.47. The van der Waals surface area contributed by atoms with Crippen LogP contribution in [0.2, 0.25) is 0 Å². The van der Waals surface area contributed by atoms with Gasteiger partial charge in [-0.3, -0.25) is 14.9 Å². The third-order valence-corrected chi connectivity index (χ3v) is 6.45. The fourth-order valence-electron chi connectivity index (χ4n) is 4.92. The molecule has 7 nitrogen and oxygen atoms in total. The van der Waals surface area contributed by atoms with Crippen molar-refractivity contribution in [2.75, 3.05) is 25.0 Å². The zero-order valence-electron chi connectivity index (χ0n) is 16.4. The van der Waals surface area contributed by atoms with Gasteiger partial charge in [0.25, 0.3) is 0 Å². The van der Waals surface area contributed by atoms with Gasteiger partial charge in [0.05, 0.1) is 6.20 Å². The second kappa shape index (κ2) is 7.20. The minimum Gasteiger partial charge on any atom is -0.324 e. The molecule has 2 aliphatic heterocycles. The summed E-state index contributed by atoms with van der Waals surface area (Å²) in [6.45, 7) is 2.95. The highest BCUT2D eigenvalue weighted by molar-refractivity contribution is 5.89. The molecule has 4 heterocycles. The number of nitrogens with one attached hydrogen (secondary N) is 1. The number of carbonyl (C=O) groups is 1. The maximum atomic E-state index is 12.9. The maximum Gasteiger partial charge on any atom is 0.323 e. The summed E-state index contributed by atoms with van der Waals surface area (Å²) in [5, 5.41) is 7.22. The predicted molar refractivity (Wildman–Crippen MR) is 108 cm³/mol. The SMILES string of the molecule is Cn1cc(-c2ccnc(NC(=O)N3CCC4C(CCCN4C4CC4)C3)c2)cn1. The number of aromatic nitrogens is 3. The molecule has 2 aromatic heterocycles. The van der Waals surface area contributed by atoms with Gasteiger partial charge in [0.15, 0.2) is 0 Å². The van der Waals surface area contributed by atoms with Crippen LogP contribution in [0.25, 0.3) is 11.1 Å². The first kappa shape index (κ1) is 17.7. The number of rotatable bonds is 3. The number of hydrogen-bond donors (Lipinski definition) is 1. The minimum absolute atomic E-state index is 0.0298. The van der Waals surface area contributed by atoms with Gasteiger partial charge in [-0.1, -0.05) is 0 Å². The molecule has 2 atom stereocenters. The monoisotopic (exact) mass is 380 g/mol. The molecule has 2 amide bonds. The zero-order chi connectivity index (χ0) is 19.1. The van der Waals surface area contributed by atoms with Crippen molar-refractivity contribution in [2.45, 2.75) is 44.2 Å². The number of piperidine rings is 2. The Morgan fingerprint density at radius 1 is 1.18 bits per heavy atom. The average Bonchev–Trinajstić information content (AvgIpc) is 3.47. The van der Waals surface area contributed by atoms with Crippen LogP contribution in [0.1, 0.15) is 32.1 Å². The highest BCUT2D eigenvalue weighted by atomic mass is 16.2. The van der Waals surface area contributed by atoms with Gasteiger partial charge in [-0.25, -0.2) is 9.78 Å². The standard InChI is InChI=1S/C21H28N6O/c1-25-13-17(12-23-25)15-6-8-22-20(11-15)24-21(28)26-10-7-19-16(14-26)3-2-9-27(19)18-4-5-18/h6,8,11-13,16,18-19H,2-5,7,9-10,14H2,1H3,(H,22,24,28). The van der Waals surface area contributed by atoms with Gasteiger partial charge in [0, 0.05) is 50.2 Å². The van der Waals surface area contributed by atoms with Crippen molar-refractivity contribution in [3.63, 3.8) is 0 Å². The van der Waals surface area contributed by atoms with E-state index in [-0.39, 0.29) is 6.03 Å². The third-order valence-electron chi connectivity index (χ3n) is 6.45. The lowest BCUT2D eigenvalue weighted by Crippen LogP contribution is -2.56. The van der Waals surface area contributed by atoms with Gasteiger partial charge in [0.2, 0.25) is 0 Å². The summed E-state index contributed by atoms with van der Waals surface area (Å²) in [6, 6.07) is 5.33. The molecule has 1 saturated carbocycles. The first-order valence-electron chi connectivity index (χ1n) is 10.4. The summed E-state index contributed by atoms with van der Waals surface area (Å²) in [6.07, 6.45) is 11.9. The molecular formula is C21H28N6O. The Bertz CT molecular complexity index is 860. The summed E-state index contributed by atoms with van der Waals surface area (Å²) in [5.41, 5.74) is 2.02. The first-order valence-corrected chi connectivity index (χ1v) is 10.4. The average molecular weight is 380 g/mol. The molecule has 2 saturated heterocycles. The van der Waals surface area contributed by atoms with Crippen molar-refractivity contribution in [2.24, 2.45) is 13.0 Å². The number of pyridine rings is 1. The van der Waals surface area contributed by atoms with Crippen molar-refractivity contribution in [3.8, 4) is 11.1 Å². The number of aryl methyl sites for hydroxylation is 1. The van der Waals surface area contributed by atoms with E-state index in [4.69, 9.17) is 0 Å². The highest BCUT2D eigenvalue weighted by Crippen LogP contribution is 2.38. The van der Waals surface area contributed by atoms with Crippen LogP contribution in [0, 0.1) is 5.92 Å². The van der Waals surface area contributed by atoms with Gasteiger partial charge in [0.1, 0.15) is 5.82 Å². The number of hydrogen-bond acceptors (Lipinski definition) is 4. The number of nitrogens with zero attached hydrogens (tertiary/aromatic N) is 5. The van der Waals surface area contributed by atoms with E-state index in [1.165, 1.54) is 32.2 Å². The largest absolute Gasteiger partial charge is 0.324 e. The van der Waals surface area contributed by atoms with Crippen molar-refractivity contribution < 1.29 is 4.79 Å². The van der Waals surface area contributed by atoms with Crippen LogP contribution in [0.15, 0.2) is 30.7 Å². The second-order valence-corrected chi connectivity index (χ2v) is 8.44. The zero-order valence-corrected chi connectivity index (χ0v) is 16.4. The van der Waals surface area contributed by atoms with E-state index in [9.17, 15) is 4.79 Å². The number of carbonyl (C=O) groups excluding carboxylic acids is 1. The van der Waals surface area contributed by atoms with Crippen molar-refractivity contribution >= 4 is 11.8 Å². The molecule has 2 aromatic rings. The van der Waals surface area contributed by atoms with E-state index in [0.29, 0.717) is 17.8 Å². The van der Waals surface area contributed by atoms with E-state index >= 15 is 0 Å². The Kier molecular flexibility index (Phi) is 4.55. The Hall–Kier alpha value is -2.41. The van der Waals surface area contributed by atoms with Gasteiger partial charge in [-0.15, -0.1) is 0 Å². The molecule has 2 unspecified atom stereocenters. The lowest BCUT2D eigenvalue weighted by atomic mass is 9.84. The molecule has 5 rings (SSSR count). The van der Waals surface area contributed by atoms with Crippen LogP contribution >= 0.6 is 0 Å². The highest BCUT2D eigenvalue weighted by Gasteiger charge is 2.42. The first-order chi connectivity index (χ1) is 13.7. The van der Waals surface area contributed by atoms with Crippen LogP contribution in [0.3, 0.4) is 0 Å². The van der Waals surface area contributed by atoms with E-state index in [2.05, 4.69) is 20.3 Å². The number of amides is 2. The van der Waals surface area contributed by atoms with Crippen LogP contribution < -0.4 is 5.32 Å². The summed E-state index contributed by atoms with van der Waals surface area (Å²) in [7, 11) is 1.90. The number of anilines is 1. The van der Waals surface area contributed by atoms with Crippen LogP contribution in [0.5, 0.6) is 0 Å². The Balaban J connectivity index is 1.24. The third kappa shape index (κ3) is 3.51. The van der Waals surface area contributed by atoms with Crippen molar-refractivity contribution in [1.82, 2.24) is 24.6 Å². The Labute approximate surface area is 165 Å². The molecule has 1 aliphatic carbocycles. The molecule has 1 N–H and O–H groups in total. The van der Waals surface area contributed by atoms with Crippen molar-refractivity contribution in [3.05, 3.63) is 30.7 Å². The topological polar surface area (TPSA) is 66.3 Å². The molecule has 7 heteroatoms. The minimum atomic E-state index is -0.0298. The number of urea groups is 1. The van der Waals surface area contributed by atoms with Gasteiger partial charge in [-0.2, -0.15) is 5.10 Å². The molecule has 0 bridgehead atoms. The molecule has 0 spiro atoms. The van der Waals surface area contributed by atoms with E-state index < -0.39 is 0 Å². The van der Waals surface area contributed by atoms with Crippen molar-refractivity contribution in [1.29, 1.82) is 0 Å². The second-order valence-electron chi connectivity index (χ2n) is 8.44. The maximum absolute atomic E-state index is 12.9. The number of fused-ring (bicyclic) bond motifs is 1. The van der Waals surface area contributed by atoms with Gasteiger partial charge >= 0.3 is 6.03 Å². The normalized spacial score (nSPS) is 25.4. The molecule has 3 fully saturated rings. The molecule has 148 valence electrons. The van der Waals surface area contributed by atoms with Gasteiger partial charge < -0.3 is 4.90 Å². The fraction of sp³-hybridized carbons (Fsp3) is 0.571. The molecule has 0 aromatic carbocycles. The summed E-state index contributed by atoms with van der Waals surface area (Å²) < 4.78 is 1.77. The van der Waals surface area contributed by atoms with Crippen LogP contribution in [0.4, 0.5) is 10.6 Å². The Morgan fingerprint density at radius 3 is 2.86 bits per heavy atom. The van der Waals surface area contributed by atoms with Gasteiger partial charge in [-0.05, 0) is 62.3 Å². The Morgan fingerprint density at radius 2 is 2.07 bits per heavy atom. The van der Waals surface area contributed by atoms with Crippen LogP contribution in [-0.4, -0.2) is 62.3 Å². The predicted octanol–water partition coefficient (Wildman–Crippen LogP) is 2.96. The van der Waals surface area contributed by atoms with E-state index in [0.717, 1.165) is 36.7 Å². The smallest absolute Gasteiger partial charge is 0.323 e. The van der Waals surface area contributed by atoms with Crippen LogP contribution in [-0.2, 0) is 7.05 Å². The molecule has 3 aliphatic rings.